The van der Waals surface area contributed by atoms with Gasteiger partial charge in [-0.05, 0) is 31.4 Å². The van der Waals surface area contributed by atoms with Crippen LogP contribution in [0, 0.1) is 5.92 Å². The van der Waals surface area contributed by atoms with Crippen molar-refractivity contribution >= 4 is 0 Å². The molecule has 1 N–H and O–H groups in total. The van der Waals surface area contributed by atoms with Crippen LogP contribution in [0.25, 0.3) is 11.5 Å². The highest BCUT2D eigenvalue weighted by Crippen LogP contribution is 2.27. The first-order chi connectivity index (χ1) is 8.42. The summed E-state index contributed by atoms with van der Waals surface area (Å²) in [6.45, 7) is 1.65. The number of nitrogens with one attached hydrogen (secondary N) is 1. The summed E-state index contributed by atoms with van der Waals surface area (Å²) >= 11 is 0. The molecule has 0 aromatic carbocycles. The molecule has 1 fully saturated rings. The number of hydrogen-bond acceptors (Lipinski definition) is 6. The summed E-state index contributed by atoms with van der Waals surface area (Å²) < 4.78 is 5.14. The van der Waals surface area contributed by atoms with Gasteiger partial charge in [-0.1, -0.05) is 5.16 Å². The van der Waals surface area contributed by atoms with E-state index in [9.17, 15) is 0 Å². The van der Waals surface area contributed by atoms with Crippen molar-refractivity contribution in [2.24, 2.45) is 5.92 Å². The number of hydrogen-bond donors (Lipinski definition) is 1. The van der Waals surface area contributed by atoms with Crippen molar-refractivity contribution < 1.29 is 4.52 Å². The van der Waals surface area contributed by atoms with Gasteiger partial charge in [0.05, 0.1) is 6.54 Å². The molecule has 1 saturated carbocycles. The van der Waals surface area contributed by atoms with E-state index in [1.54, 1.807) is 12.3 Å². The molecule has 0 bridgehead atoms. The zero-order chi connectivity index (χ0) is 11.5. The third kappa shape index (κ3) is 2.65. The van der Waals surface area contributed by atoms with Gasteiger partial charge in [0.15, 0.2) is 0 Å². The van der Waals surface area contributed by atoms with Gasteiger partial charge in [-0.15, -0.1) is 0 Å². The van der Waals surface area contributed by atoms with E-state index in [2.05, 4.69) is 25.4 Å². The van der Waals surface area contributed by atoms with Crippen molar-refractivity contribution in [1.29, 1.82) is 0 Å². The van der Waals surface area contributed by atoms with Crippen LogP contribution in [0.4, 0.5) is 0 Å². The van der Waals surface area contributed by atoms with Crippen molar-refractivity contribution in [2.75, 3.05) is 6.54 Å². The van der Waals surface area contributed by atoms with Gasteiger partial charge < -0.3 is 9.84 Å². The van der Waals surface area contributed by atoms with Crippen LogP contribution >= 0.6 is 0 Å². The normalized spacial score (nSPS) is 15.1. The fourth-order valence-corrected chi connectivity index (χ4v) is 1.56. The molecule has 0 amide bonds. The lowest BCUT2D eigenvalue weighted by Gasteiger charge is -1.97. The Hall–Kier alpha value is -1.82. The number of aromatic nitrogens is 4. The van der Waals surface area contributed by atoms with Crippen LogP contribution in [0.15, 0.2) is 23.1 Å². The van der Waals surface area contributed by atoms with Crippen LogP contribution in [-0.4, -0.2) is 26.7 Å². The molecule has 6 nitrogen and oxygen atoms in total. The SMILES string of the molecule is c1cc(-c2noc(CNCC3CC3)n2)ncn1. The first kappa shape index (κ1) is 10.3. The molecular weight excluding hydrogens is 218 g/mol. The standard InChI is InChI=1S/C11H13N5O/c1-2-8(1)5-13-6-10-15-11(16-17-10)9-3-4-12-7-14-9/h3-4,7-8,13H,1-2,5-6H2. The smallest absolute Gasteiger partial charge is 0.240 e. The molecule has 2 heterocycles. The van der Waals surface area contributed by atoms with E-state index in [1.807, 2.05) is 0 Å². The van der Waals surface area contributed by atoms with Crippen molar-refractivity contribution in [3.05, 3.63) is 24.5 Å². The molecule has 1 aliphatic carbocycles. The zero-order valence-corrected chi connectivity index (χ0v) is 9.33. The highest BCUT2D eigenvalue weighted by atomic mass is 16.5. The van der Waals surface area contributed by atoms with E-state index in [1.165, 1.54) is 19.2 Å². The molecule has 2 aromatic rings. The Morgan fingerprint density at radius 3 is 3.12 bits per heavy atom. The monoisotopic (exact) mass is 231 g/mol. The van der Waals surface area contributed by atoms with Gasteiger partial charge in [0.2, 0.25) is 11.7 Å². The summed E-state index contributed by atoms with van der Waals surface area (Å²) in [6, 6.07) is 1.76. The fourth-order valence-electron chi connectivity index (χ4n) is 1.56. The van der Waals surface area contributed by atoms with Gasteiger partial charge in [-0.25, -0.2) is 9.97 Å². The van der Waals surface area contributed by atoms with Crippen molar-refractivity contribution in [2.45, 2.75) is 19.4 Å². The van der Waals surface area contributed by atoms with E-state index in [-0.39, 0.29) is 0 Å². The third-order valence-corrected chi connectivity index (χ3v) is 2.69. The van der Waals surface area contributed by atoms with Crippen LogP contribution < -0.4 is 5.32 Å². The molecule has 0 saturated heterocycles. The predicted molar refractivity (Wildman–Crippen MR) is 59.8 cm³/mol. The second kappa shape index (κ2) is 4.58. The van der Waals surface area contributed by atoms with E-state index in [0.29, 0.717) is 24.0 Å². The van der Waals surface area contributed by atoms with Crippen molar-refractivity contribution in [1.82, 2.24) is 25.4 Å². The van der Waals surface area contributed by atoms with Gasteiger partial charge in [-0.2, -0.15) is 4.98 Å². The molecule has 0 radical (unpaired) electrons. The molecule has 0 unspecified atom stereocenters. The van der Waals surface area contributed by atoms with Crippen LogP contribution in [-0.2, 0) is 6.54 Å². The molecule has 6 heteroatoms. The minimum Gasteiger partial charge on any atom is -0.337 e. The van der Waals surface area contributed by atoms with Crippen LogP contribution in [0.1, 0.15) is 18.7 Å². The van der Waals surface area contributed by atoms with E-state index in [0.717, 1.165) is 12.5 Å². The van der Waals surface area contributed by atoms with E-state index >= 15 is 0 Å². The van der Waals surface area contributed by atoms with Gasteiger partial charge >= 0.3 is 0 Å². The molecular formula is C11H13N5O. The fraction of sp³-hybridized carbons (Fsp3) is 0.455. The Bertz CT molecular complexity index is 480. The quantitative estimate of drug-likeness (QED) is 0.828. The Kier molecular flexibility index (Phi) is 2.79. The summed E-state index contributed by atoms with van der Waals surface area (Å²) in [5.74, 6) is 1.95. The Morgan fingerprint density at radius 2 is 2.35 bits per heavy atom. The topological polar surface area (TPSA) is 76.7 Å². The maximum Gasteiger partial charge on any atom is 0.240 e. The van der Waals surface area contributed by atoms with Gasteiger partial charge in [0, 0.05) is 6.20 Å². The second-order valence-corrected chi connectivity index (χ2v) is 4.18. The molecule has 88 valence electrons. The minimum absolute atomic E-state index is 0.510. The summed E-state index contributed by atoms with van der Waals surface area (Å²) in [7, 11) is 0. The molecule has 1 aliphatic rings. The predicted octanol–water partition coefficient (Wildman–Crippen LogP) is 1.03. The molecule has 2 aromatic heterocycles. The van der Waals surface area contributed by atoms with Crippen LogP contribution in [0.5, 0.6) is 0 Å². The average Bonchev–Trinajstić information content (AvgIpc) is 3.07. The average molecular weight is 231 g/mol. The third-order valence-electron chi connectivity index (χ3n) is 2.69. The van der Waals surface area contributed by atoms with E-state index in [4.69, 9.17) is 4.52 Å². The summed E-state index contributed by atoms with van der Waals surface area (Å²) in [4.78, 5) is 12.2. The summed E-state index contributed by atoms with van der Waals surface area (Å²) in [6.07, 6.45) is 5.80. The maximum atomic E-state index is 5.14. The van der Waals surface area contributed by atoms with Crippen molar-refractivity contribution in [3.63, 3.8) is 0 Å². The Morgan fingerprint density at radius 1 is 1.41 bits per heavy atom. The zero-order valence-electron chi connectivity index (χ0n) is 9.33. The Labute approximate surface area is 98.5 Å². The first-order valence-corrected chi connectivity index (χ1v) is 5.71. The van der Waals surface area contributed by atoms with Crippen LogP contribution in [0.3, 0.4) is 0 Å². The van der Waals surface area contributed by atoms with Crippen LogP contribution in [0.2, 0.25) is 0 Å². The lowest BCUT2D eigenvalue weighted by molar-refractivity contribution is 0.367. The molecule has 3 rings (SSSR count). The number of rotatable bonds is 5. The molecule has 0 atom stereocenters. The van der Waals surface area contributed by atoms with Gasteiger partial charge in [0.25, 0.3) is 0 Å². The highest BCUT2D eigenvalue weighted by molar-refractivity contribution is 5.46. The number of nitrogens with zero attached hydrogens (tertiary/aromatic N) is 4. The van der Waals surface area contributed by atoms with Gasteiger partial charge in [0.1, 0.15) is 12.0 Å². The molecule has 17 heavy (non-hydrogen) atoms. The maximum absolute atomic E-state index is 5.14. The first-order valence-electron chi connectivity index (χ1n) is 5.71. The van der Waals surface area contributed by atoms with E-state index < -0.39 is 0 Å². The molecule has 0 aliphatic heterocycles. The Balaban J connectivity index is 1.61. The largest absolute Gasteiger partial charge is 0.337 e. The molecule has 0 spiro atoms. The minimum atomic E-state index is 0.510. The summed E-state index contributed by atoms with van der Waals surface area (Å²) in [5.41, 5.74) is 0.678. The second-order valence-electron chi connectivity index (χ2n) is 4.18. The summed E-state index contributed by atoms with van der Waals surface area (Å²) in [5, 5.41) is 7.18. The highest BCUT2D eigenvalue weighted by Gasteiger charge is 2.20. The van der Waals surface area contributed by atoms with Crippen molar-refractivity contribution in [3.8, 4) is 11.5 Å². The lowest BCUT2D eigenvalue weighted by Crippen LogP contribution is -2.16. The lowest BCUT2D eigenvalue weighted by atomic mass is 10.4. The van der Waals surface area contributed by atoms with Gasteiger partial charge in [-0.3, -0.25) is 0 Å².